The smallest absolute Gasteiger partial charge is 0.410 e. The van der Waals surface area contributed by atoms with E-state index in [0.717, 1.165) is 4.57 Å². The van der Waals surface area contributed by atoms with Gasteiger partial charge in [-0.2, -0.15) is 0 Å². The van der Waals surface area contributed by atoms with Crippen LogP contribution in [0.1, 0.15) is 33.6 Å². The number of likely N-dealkylation sites (tertiary alicyclic amines) is 1. The van der Waals surface area contributed by atoms with Crippen molar-refractivity contribution in [2.75, 3.05) is 20.2 Å². The molecule has 1 aliphatic rings. The summed E-state index contributed by atoms with van der Waals surface area (Å²) in [6.07, 6.45) is 0.810. The highest BCUT2D eigenvalue weighted by Gasteiger charge is 2.30. The van der Waals surface area contributed by atoms with Crippen LogP contribution in [0.25, 0.3) is 28.2 Å². The van der Waals surface area contributed by atoms with Gasteiger partial charge in [-0.15, -0.1) is 0 Å². The van der Waals surface area contributed by atoms with Crippen LogP contribution in [-0.2, 0) is 27.4 Å². The van der Waals surface area contributed by atoms with Crippen LogP contribution >= 0.6 is 23.2 Å². The molecule has 0 atom stereocenters. The van der Waals surface area contributed by atoms with E-state index in [1.165, 1.54) is 11.7 Å². The Hall–Kier alpha value is -4.09. The molecule has 1 saturated heterocycles. The van der Waals surface area contributed by atoms with Crippen LogP contribution in [0.2, 0.25) is 10.0 Å². The number of rotatable bonds is 6. The number of benzene rings is 2. The third-order valence-electron chi connectivity index (χ3n) is 7.45. The maximum absolute atomic E-state index is 14.0. The van der Waals surface area contributed by atoms with Crippen molar-refractivity contribution in [3.05, 3.63) is 79.4 Å². The van der Waals surface area contributed by atoms with Gasteiger partial charge in [-0.1, -0.05) is 35.3 Å². The van der Waals surface area contributed by atoms with Crippen molar-refractivity contribution in [2.24, 2.45) is 5.92 Å². The third-order valence-corrected chi connectivity index (χ3v) is 8.03. The van der Waals surface area contributed by atoms with Crippen LogP contribution in [0.3, 0.4) is 0 Å². The molecule has 2 aromatic heterocycles. The Morgan fingerprint density at radius 3 is 2.25 bits per heavy atom. The van der Waals surface area contributed by atoms with Gasteiger partial charge in [0.25, 0.3) is 5.56 Å². The van der Waals surface area contributed by atoms with E-state index in [-0.39, 0.29) is 29.7 Å². The van der Waals surface area contributed by atoms with Crippen LogP contribution in [0.15, 0.2) is 58.1 Å². The Morgan fingerprint density at radius 2 is 1.64 bits per heavy atom. The second kappa shape index (κ2) is 12.5. The van der Waals surface area contributed by atoms with Gasteiger partial charge in [-0.3, -0.25) is 18.7 Å². The van der Waals surface area contributed by atoms with Crippen LogP contribution in [0, 0.1) is 5.92 Å². The normalized spacial score (nSPS) is 14.2. The number of imidazole rings is 1. The number of nitrogens with zero attached hydrogens (tertiary/aromatic N) is 5. The molecule has 0 unspecified atom stereocenters. The van der Waals surface area contributed by atoms with E-state index in [9.17, 15) is 19.2 Å². The lowest BCUT2D eigenvalue weighted by molar-refractivity contribution is -0.141. The van der Waals surface area contributed by atoms with Crippen molar-refractivity contribution in [1.29, 1.82) is 0 Å². The van der Waals surface area contributed by atoms with Crippen molar-refractivity contribution in [3.8, 4) is 17.1 Å². The number of methoxy groups -OCH3 is 1. The molecule has 232 valence electrons. The summed E-state index contributed by atoms with van der Waals surface area (Å²) in [5.41, 5.74) is -0.644. The zero-order chi connectivity index (χ0) is 31.8. The molecule has 0 radical (unpaired) electrons. The average Bonchev–Trinajstić information content (AvgIpc) is 3.38. The fourth-order valence-corrected chi connectivity index (χ4v) is 5.63. The summed E-state index contributed by atoms with van der Waals surface area (Å²) in [6.45, 7) is 5.98. The molecular weight excluding hydrogens is 609 g/mol. The summed E-state index contributed by atoms with van der Waals surface area (Å²) < 4.78 is 14.3. The standard InChI is InChI=1S/C31H33Cl2N5O6/c1-31(2,3)44-30(42)35-15-13-19(14-16-35)17-36-27-25(28(40)37(29(36)41)18-24(39)43-4)38(21-11-9-20(32)10-12-21)26(34-27)22-7-5-6-8-23(22)33/h5-12,19H,13-18H2,1-4H3. The van der Waals surface area contributed by atoms with Gasteiger partial charge in [-0.05, 0) is 75.9 Å². The zero-order valence-electron chi connectivity index (χ0n) is 24.9. The van der Waals surface area contributed by atoms with E-state index in [1.807, 2.05) is 20.8 Å². The highest BCUT2D eigenvalue weighted by atomic mass is 35.5. The van der Waals surface area contributed by atoms with Crippen molar-refractivity contribution >= 4 is 46.4 Å². The molecule has 1 aliphatic heterocycles. The number of hydrogen-bond donors (Lipinski definition) is 0. The monoisotopic (exact) mass is 641 g/mol. The minimum Gasteiger partial charge on any atom is -0.468 e. The van der Waals surface area contributed by atoms with Gasteiger partial charge >= 0.3 is 17.8 Å². The van der Waals surface area contributed by atoms with Gasteiger partial charge in [0, 0.05) is 35.9 Å². The fraction of sp³-hybridized carbons (Fsp3) is 0.387. The lowest BCUT2D eigenvalue weighted by Crippen LogP contribution is -2.45. The first kappa shape index (κ1) is 31.3. The molecule has 0 spiro atoms. The maximum Gasteiger partial charge on any atom is 0.410 e. The average molecular weight is 643 g/mol. The number of amides is 1. The van der Waals surface area contributed by atoms with Gasteiger partial charge in [0.05, 0.1) is 12.1 Å². The Balaban J connectivity index is 1.66. The summed E-state index contributed by atoms with van der Waals surface area (Å²) in [4.78, 5) is 59.4. The molecule has 11 nitrogen and oxygen atoms in total. The highest BCUT2D eigenvalue weighted by molar-refractivity contribution is 6.33. The molecule has 5 rings (SSSR count). The van der Waals surface area contributed by atoms with Crippen LogP contribution in [-0.4, -0.2) is 61.4 Å². The largest absolute Gasteiger partial charge is 0.468 e. The van der Waals surface area contributed by atoms with E-state index in [2.05, 4.69) is 0 Å². The lowest BCUT2D eigenvalue weighted by Gasteiger charge is -2.33. The van der Waals surface area contributed by atoms with Gasteiger partial charge in [0.15, 0.2) is 11.2 Å². The summed E-state index contributed by atoms with van der Waals surface area (Å²) in [5.74, 6) is -0.429. The molecule has 1 fully saturated rings. The van der Waals surface area contributed by atoms with Gasteiger partial charge in [0.2, 0.25) is 0 Å². The minimum absolute atomic E-state index is 0.0249. The lowest BCUT2D eigenvalue weighted by atomic mass is 9.97. The Bertz CT molecular complexity index is 1830. The van der Waals surface area contributed by atoms with Crippen LogP contribution < -0.4 is 11.2 Å². The summed E-state index contributed by atoms with van der Waals surface area (Å²) >= 11 is 12.8. The second-order valence-electron chi connectivity index (χ2n) is 11.7. The van der Waals surface area contributed by atoms with E-state index >= 15 is 0 Å². The molecule has 0 bridgehead atoms. The Labute approximate surface area is 263 Å². The second-order valence-corrected chi connectivity index (χ2v) is 12.5. The van der Waals surface area contributed by atoms with E-state index in [0.29, 0.717) is 53.1 Å². The summed E-state index contributed by atoms with van der Waals surface area (Å²) in [7, 11) is 1.19. The molecule has 44 heavy (non-hydrogen) atoms. The number of halogens is 2. The van der Waals surface area contributed by atoms with E-state index < -0.39 is 29.4 Å². The van der Waals surface area contributed by atoms with Crippen LogP contribution in [0.5, 0.6) is 0 Å². The minimum atomic E-state index is -0.746. The Kier molecular flexibility index (Phi) is 8.90. The molecule has 0 aliphatic carbocycles. The molecule has 1 amide bonds. The SMILES string of the molecule is COC(=O)Cn1c(=O)c2c(nc(-c3ccccc3Cl)n2-c2ccc(Cl)cc2)n(CC2CCN(C(=O)OC(C)(C)C)CC2)c1=O. The first-order chi connectivity index (χ1) is 20.9. The first-order valence-electron chi connectivity index (χ1n) is 14.2. The Morgan fingerprint density at radius 1 is 0.977 bits per heavy atom. The van der Waals surface area contributed by atoms with E-state index in [4.69, 9.17) is 37.7 Å². The molecule has 0 N–H and O–H groups in total. The quantitative estimate of drug-likeness (QED) is 0.267. The van der Waals surface area contributed by atoms with Gasteiger partial charge in [-0.25, -0.2) is 19.1 Å². The number of carbonyl (C=O) groups is 2. The molecule has 13 heteroatoms. The molecule has 0 saturated carbocycles. The number of esters is 1. The highest BCUT2D eigenvalue weighted by Crippen LogP contribution is 2.32. The topological polar surface area (TPSA) is 118 Å². The summed E-state index contributed by atoms with van der Waals surface area (Å²) in [6, 6.07) is 13.9. The van der Waals surface area contributed by atoms with Gasteiger partial charge < -0.3 is 14.4 Å². The van der Waals surface area contributed by atoms with Crippen molar-refractivity contribution < 1.29 is 19.1 Å². The number of ether oxygens (including phenoxy) is 2. The third kappa shape index (κ3) is 6.39. The predicted molar refractivity (Wildman–Crippen MR) is 168 cm³/mol. The number of aromatic nitrogens is 4. The first-order valence-corrected chi connectivity index (χ1v) is 14.9. The fourth-order valence-electron chi connectivity index (χ4n) is 5.28. The van der Waals surface area contributed by atoms with Gasteiger partial charge in [0.1, 0.15) is 18.0 Å². The van der Waals surface area contributed by atoms with Crippen molar-refractivity contribution in [2.45, 2.75) is 52.3 Å². The molecule has 2 aromatic carbocycles. The molecule has 4 aromatic rings. The maximum atomic E-state index is 14.0. The van der Waals surface area contributed by atoms with Crippen molar-refractivity contribution in [3.63, 3.8) is 0 Å². The number of piperidine rings is 1. The predicted octanol–water partition coefficient (Wildman–Crippen LogP) is 5.14. The van der Waals surface area contributed by atoms with Crippen molar-refractivity contribution in [1.82, 2.24) is 23.6 Å². The van der Waals surface area contributed by atoms with Crippen LogP contribution in [0.4, 0.5) is 4.79 Å². The number of fused-ring (bicyclic) bond motifs is 1. The number of carbonyl (C=O) groups excluding carboxylic acids is 2. The summed E-state index contributed by atoms with van der Waals surface area (Å²) in [5, 5.41) is 0.895. The zero-order valence-corrected chi connectivity index (χ0v) is 26.4. The van der Waals surface area contributed by atoms with E-state index in [1.54, 1.807) is 58.0 Å². The molecular formula is C31H33Cl2N5O6. The number of hydrogen-bond acceptors (Lipinski definition) is 7. The molecule has 3 heterocycles.